The van der Waals surface area contributed by atoms with Gasteiger partial charge in [-0.3, -0.25) is 0 Å². The molecule has 0 radical (unpaired) electrons. The Morgan fingerprint density at radius 3 is 1.50 bits per heavy atom. The summed E-state index contributed by atoms with van der Waals surface area (Å²) in [7, 11) is 0. The van der Waals surface area contributed by atoms with Crippen molar-refractivity contribution in [2.75, 3.05) is 23.7 Å². The lowest BCUT2D eigenvalue weighted by Crippen LogP contribution is -2.04. The van der Waals surface area contributed by atoms with E-state index in [0.717, 1.165) is 13.1 Å². The van der Waals surface area contributed by atoms with Crippen molar-refractivity contribution >= 4 is 11.4 Å². The highest BCUT2D eigenvalue weighted by Gasteiger charge is 2.04. The average molecular weight is 192 g/mol. The number of nitrogens with one attached hydrogen (secondary N) is 2. The van der Waals surface area contributed by atoms with E-state index in [1.165, 1.54) is 22.5 Å². The SMILES string of the molecule is CCNc1ccc(NCC)c(C)c1C. The summed E-state index contributed by atoms with van der Waals surface area (Å²) in [5, 5.41) is 6.72. The molecule has 0 saturated carbocycles. The summed E-state index contributed by atoms with van der Waals surface area (Å²) in [4.78, 5) is 0. The standard InChI is InChI=1S/C12H20N2/c1-5-13-11-7-8-12(14-6-2)10(4)9(11)3/h7-8,13-14H,5-6H2,1-4H3. The maximum atomic E-state index is 3.36. The molecule has 0 fully saturated rings. The van der Waals surface area contributed by atoms with Gasteiger partial charge in [0.05, 0.1) is 0 Å². The fourth-order valence-corrected chi connectivity index (χ4v) is 1.58. The highest BCUT2D eigenvalue weighted by Crippen LogP contribution is 2.25. The van der Waals surface area contributed by atoms with E-state index in [1.54, 1.807) is 0 Å². The lowest BCUT2D eigenvalue weighted by atomic mass is 10.1. The van der Waals surface area contributed by atoms with Crippen LogP contribution < -0.4 is 10.6 Å². The number of rotatable bonds is 4. The minimum Gasteiger partial charge on any atom is -0.385 e. The first-order chi connectivity index (χ1) is 6.70. The fraction of sp³-hybridized carbons (Fsp3) is 0.500. The molecule has 2 heteroatoms. The highest BCUT2D eigenvalue weighted by molar-refractivity contribution is 5.64. The lowest BCUT2D eigenvalue weighted by Gasteiger charge is -2.14. The largest absolute Gasteiger partial charge is 0.385 e. The van der Waals surface area contributed by atoms with Crippen molar-refractivity contribution in [3.8, 4) is 0 Å². The summed E-state index contributed by atoms with van der Waals surface area (Å²) in [6.45, 7) is 10.5. The van der Waals surface area contributed by atoms with Crippen LogP contribution in [-0.2, 0) is 0 Å². The van der Waals surface area contributed by atoms with E-state index in [0.29, 0.717) is 0 Å². The summed E-state index contributed by atoms with van der Waals surface area (Å²) < 4.78 is 0. The van der Waals surface area contributed by atoms with Gasteiger partial charge in [-0.1, -0.05) is 0 Å². The molecule has 2 nitrogen and oxygen atoms in total. The first-order valence-electron chi connectivity index (χ1n) is 5.28. The van der Waals surface area contributed by atoms with Crippen molar-refractivity contribution < 1.29 is 0 Å². The van der Waals surface area contributed by atoms with Gasteiger partial charge in [-0.2, -0.15) is 0 Å². The maximum Gasteiger partial charge on any atom is 0.0373 e. The van der Waals surface area contributed by atoms with Crippen LogP contribution in [0.25, 0.3) is 0 Å². The molecule has 0 unspecified atom stereocenters. The van der Waals surface area contributed by atoms with Gasteiger partial charge < -0.3 is 10.6 Å². The molecule has 1 aromatic rings. The fourth-order valence-electron chi connectivity index (χ4n) is 1.58. The van der Waals surface area contributed by atoms with Gasteiger partial charge in [0.2, 0.25) is 0 Å². The van der Waals surface area contributed by atoms with Crippen LogP contribution in [0.4, 0.5) is 11.4 Å². The van der Waals surface area contributed by atoms with E-state index in [9.17, 15) is 0 Å². The number of anilines is 2. The first kappa shape index (κ1) is 10.9. The Hall–Kier alpha value is -1.18. The van der Waals surface area contributed by atoms with E-state index in [2.05, 4.69) is 50.5 Å². The molecule has 78 valence electrons. The van der Waals surface area contributed by atoms with Gasteiger partial charge in [0.25, 0.3) is 0 Å². The lowest BCUT2D eigenvalue weighted by molar-refractivity contribution is 1.16. The minimum absolute atomic E-state index is 0.973. The smallest absolute Gasteiger partial charge is 0.0373 e. The second-order valence-electron chi connectivity index (χ2n) is 3.47. The van der Waals surface area contributed by atoms with E-state index < -0.39 is 0 Å². The monoisotopic (exact) mass is 192 g/mol. The van der Waals surface area contributed by atoms with Gasteiger partial charge in [-0.25, -0.2) is 0 Å². The molecule has 0 aliphatic carbocycles. The molecule has 0 aliphatic heterocycles. The van der Waals surface area contributed by atoms with Crippen LogP contribution in [-0.4, -0.2) is 13.1 Å². The van der Waals surface area contributed by atoms with Gasteiger partial charge in [-0.15, -0.1) is 0 Å². The Labute approximate surface area is 86.7 Å². The zero-order valence-corrected chi connectivity index (χ0v) is 9.57. The van der Waals surface area contributed by atoms with Crippen LogP contribution in [0.2, 0.25) is 0 Å². The molecule has 2 N–H and O–H groups in total. The average Bonchev–Trinajstić information content (AvgIpc) is 2.18. The van der Waals surface area contributed by atoms with Crippen LogP contribution in [0.5, 0.6) is 0 Å². The van der Waals surface area contributed by atoms with E-state index in [1.807, 2.05) is 0 Å². The van der Waals surface area contributed by atoms with E-state index >= 15 is 0 Å². The zero-order chi connectivity index (χ0) is 10.6. The molecule has 0 aliphatic rings. The van der Waals surface area contributed by atoms with Crippen molar-refractivity contribution in [3.63, 3.8) is 0 Å². The summed E-state index contributed by atoms with van der Waals surface area (Å²) in [6.07, 6.45) is 0. The van der Waals surface area contributed by atoms with Gasteiger partial charge in [0.1, 0.15) is 0 Å². The summed E-state index contributed by atoms with van der Waals surface area (Å²) in [5.41, 5.74) is 5.16. The third kappa shape index (κ3) is 2.19. The Kier molecular flexibility index (Phi) is 3.81. The van der Waals surface area contributed by atoms with E-state index in [4.69, 9.17) is 0 Å². The molecule has 0 saturated heterocycles. The predicted molar refractivity (Wildman–Crippen MR) is 64.2 cm³/mol. The molecule has 14 heavy (non-hydrogen) atoms. The highest BCUT2D eigenvalue weighted by atomic mass is 14.9. The molecule has 0 heterocycles. The van der Waals surface area contributed by atoms with Gasteiger partial charge in [0, 0.05) is 24.5 Å². The molecule has 0 aromatic heterocycles. The van der Waals surface area contributed by atoms with Gasteiger partial charge in [-0.05, 0) is 51.0 Å². The minimum atomic E-state index is 0.973. The summed E-state index contributed by atoms with van der Waals surface area (Å²) >= 11 is 0. The second-order valence-corrected chi connectivity index (χ2v) is 3.47. The van der Waals surface area contributed by atoms with Crippen LogP contribution >= 0.6 is 0 Å². The van der Waals surface area contributed by atoms with Crippen molar-refractivity contribution in [1.82, 2.24) is 0 Å². The molecule has 0 bridgehead atoms. The topological polar surface area (TPSA) is 24.1 Å². The van der Waals surface area contributed by atoms with Crippen molar-refractivity contribution in [1.29, 1.82) is 0 Å². The van der Waals surface area contributed by atoms with Crippen LogP contribution in [0.15, 0.2) is 12.1 Å². The van der Waals surface area contributed by atoms with Gasteiger partial charge >= 0.3 is 0 Å². The third-order valence-corrected chi connectivity index (χ3v) is 2.52. The quantitative estimate of drug-likeness (QED) is 0.765. The second kappa shape index (κ2) is 4.89. The Morgan fingerprint density at radius 1 is 0.857 bits per heavy atom. The Balaban J connectivity index is 2.99. The van der Waals surface area contributed by atoms with Crippen molar-refractivity contribution in [2.45, 2.75) is 27.7 Å². The Bertz CT molecular complexity index is 274. The maximum absolute atomic E-state index is 3.36. The first-order valence-corrected chi connectivity index (χ1v) is 5.28. The molecular formula is C12H20N2. The van der Waals surface area contributed by atoms with Crippen LogP contribution in [0.3, 0.4) is 0 Å². The third-order valence-electron chi connectivity index (χ3n) is 2.52. The molecule has 1 rings (SSSR count). The predicted octanol–water partition coefficient (Wildman–Crippen LogP) is 3.17. The van der Waals surface area contributed by atoms with Crippen LogP contribution in [0.1, 0.15) is 25.0 Å². The molecule has 0 atom stereocenters. The summed E-state index contributed by atoms with van der Waals surface area (Å²) in [6, 6.07) is 4.29. The van der Waals surface area contributed by atoms with Crippen LogP contribution in [0, 0.1) is 13.8 Å². The number of hydrogen-bond acceptors (Lipinski definition) is 2. The zero-order valence-electron chi connectivity index (χ0n) is 9.57. The molecule has 0 spiro atoms. The Morgan fingerprint density at radius 2 is 1.21 bits per heavy atom. The van der Waals surface area contributed by atoms with Gasteiger partial charge in [0.15, 0.2) is 0 Å². The summed E-state index contributed by atoms with van der Waals surface area (Å²) in [5.74, 6) is 0. The number of benzene rings is 1. The van der Waals surface area contributed by atoms with E-state index in [-0.39, 0.29) is 0 Å². The molecule has 1 aromatic carbocycles. The molecule has 0 amide bonds. The van der Waals surface area contributed by atoms with Crippen molar-refractivity contribution in [3.05, 3.63) is 23.3 Å². The number of hydrogen-bond donors (Lipinski definition) is 2. The molecular weight excluding hydrogens is 172 g/mol. The normalized spacial score (nSPS) is 10.0. The van der Waals surface area contributed by atoms with Crippen molar-refractivity contribution in [2.24, 2.45) is 0 Å².